The first kappa shape index (κ1) is 12.1. The minimum absolute atomic E-state index is 0.802. The lowest BCUT2D eigenvalue weighted by Gasteiger charge is -2.35. The van der Waals surface area contributed by atoms with Gasteiger partial charge in [0.15, 0.2) is 0 Å². The molecule has 1 heterocycles. The standard InChI is InChI=1S/C14H23NS/c1-10-4-5-12(9-15-3)13(8-10)14-11(2)6-7-16-14/h6-7,10,12-13,15H,4-5,8-9H2,1-3H3. The van der Waals surface area contributed by atoms with Crippen molar-refractivity contribution in [3.63, 3.8) is 0 Å². The van der Waals surface area contributed by atoms with Gasteiger partial charge in [-0.1, -0.05) is 13.3 Å². The fourth-order valence-corrected chi connectivity index (χ4v) is 4.17. The van der Waals surface area contributed by atoms with Gasteiger partial charge in [-0.15, -0.1) is 11.3 Å². The van der Waals surface area contributed by atoms with Crippen molar-refractivity contribution in [2.24, 2.45) is 11.8 Å². The normalized spacial score (nSPS) is 30.6. The minimum atomic E-state index is 0.802. The average Bonchev–Trinajstić information content (AvgIpc) is 2.67. The fraction of sp³-hybridized carbons (Fsp3) is 0.714. The second-order valence-electron chi connectivity index (χ2n) is 5.31. The zero-order chi connectivity index (χ0) is 11.5. The largest absolute Gasteiger partial charge is 0.319 e. The molecule has 3 atom stereocenters. The molecule has 2 heteroatoms. The zero-order valence-electron chi connectivity index (χ0n) is 10.6. The second-order valence-corrected chi connectivity index (χ2v) is 6.26. The van der Waals surface area contributed by atoms with Crippen LogP contribution in [0.5, 0.6) is 0 Å². The molecule has 2 rings (SSSR count). The van der Waals surface area contributed by atoms with E-state index >= 15 is 0 Å². The van der Waals surface area contributed by atoms with E-state index < -0.39 is 0 Å². The van der Waals surface area contributed by atoms with Crippen LogP contribution in [0.1, 0.15) is 42.5 Å². The molecule has 0 bridgehead atoms. The summed E-state index contributed by atoms with van der Waals surface area (Å²) in [5.74, 6) is 2.55. The predicted octanol–water partition coefficient (Wildman–Crippen LogP) is 3.80. The summed E-state index contributed by atoms with van der Waals surface area (Å²) in [5.41, 5.74) is 1.50. The van der Waals surface area contributed by atoms with Gasteiger partial charge in [0.25, 0.3) is 0 Å². The molecular weight excluding hydrogens is 214 g/mol. The molecule has 16 heavy (non-hydrogen) atoms. The van der Waals surface area contributed by atoms with Gasteiger partial charge in [0.05, 0.1) is 0 Å². The van der Waals surface area contributed by atoms with E-state index in [1.165, 1.54) is 31.4 Å². The summed E-state index contributed by atoms with van der Waals surface area (Å²) < 4.78 is 0. The quantitative estimate of drug-likeness (QED) is 0.843. The molecule has 1 aliphatic rings. The monoisotopic (exact) mass is 237 g/mol. The third-order valence-corrected chi connectivity index (χ3v) is 5.11. The van der Waals surface area contributed by atoms with Crippen molar-refractivity contribution in [2.75, 3.05) is 13.6 Å². The number of aryl methyl sites for hydroxylation is 1. The van der Waals surface area contributed by atoms with Gasteiger partial charge in [-0.2, -0.15) is 0 Å². The Bertz CT molecular complexity index is 331. The van der Waals surface area contributed by atoms with E-state index in [0.717, 1.165) is 17.8 Å². The zero-order valence-corrected chi connectivity index (χ0v) is 11.4. The Hall–Kier alpha value is -0.340. The minimum Gasteiger partial charge on any atom is -0.319 e. The Balaban J connectivity index is 2.17. The van der Waals surface area contributed by atoms with Crippen LogP contribution in [0.4, 0.5) is 0 Å². The van der Waals surface area contributed by atoms with Crippen molar-refractivity contribution in [1.29, 1.82) is 0 Å². The summed E-state index contributed by atoms with van der Waals surface area (Å²) in [6, 6.07) is 2.27. The molecule has 1 saturated carbocycles. The highest BCUT2D eigenvalue weighted by Gasteiger charge is 2.30. The van der Waals surface area contributed by atoms with Crippen LogP contribution in [0.25, 0.3) is 0 Å². The van der Waals surface area contributed by atoms with E-state index in [0.29, 0.717) is 0 Å². The highest BCUT2D eigenvalue weighted by Crippen LogP contribution is 2.43. The van der Waals surface area contributed by atoms with Gasteiger partial charge >= 0.3 is 0 Å². The van der Waals surface area contributed by atoms with Crippen LogP contribution >= 0.6 is 11.3 Å². The van der Waals surface area contributed by atoms with Crippen LogP contribution in [0.3, 0.4) is 0 Å². The summed E-state index contributed by atoms with van der Waals surface area (Å²) >= 11 is 1.96. The molecule has 0 radical (unpaired) electrons. The molecule has 0 aliphatic heterocycles. The van der Waals surface area contributed by atoms with Gasteiger partial charge in [-0.05, 0) is 68.1 Å². The van der Waals surface area contributed by atoms with Crippen molar-refractivity contribution in [1.82, 2.24) is 5.32 Å². The Morgan fingerprint density at radius 3 is 2.88 bits per heavy atom. The highest BCUT2D eigenvalue weighted by molar-refractivity contribution is 7.10. The number of hydrogen-bond donors (Lipinski definition) is 1. The molecule has 1 aliphatic carbocycles. The van der Waals surface area contributed by atoms with Gasteiger partial charge in [0, 0.05) is 4.88 Å². The van der Waals surface area contributed by atoms with Gasteiger partial charge in [-0.3, -0.25) is 0 Å². The number of rotatable bonds is 3. The van der Waals surface area contributed by atoms with Gasteiger partial charge < -0.3 is 5.32 Å². The molecule has 1 N–H and O–H groups in total. The lowest BCUT2D eigenvalue weighted by molar-refractivity contribution is 0.247. The maximum absolute atomic E-state index is 3.37. The molecule has 0 amide bonds. The maximum Gasteiger partial charge on any atom is 0.0109 e. The van der Waals surface area contributed by atoms with E-state index in [4.69, 9.17) is 0 Å². The lowest BCUT2D eigenvalue weighted by Crippen LogP contribution is -2.29. The van der Waals surface area contributed by atoms with Crippen LogP contribution in [0.2, 0.25) is 0 Å². The highest BCUT2D eigenvalue weighted by atomic mass is 32.1. The molecule has 90 valence electrons. The number of hydrogen-bond acceptors (Lipinski definition) is 2. The van der Waals surface area contributed by atoms with Gasteiger partial charge in [0.1, 0.15) is 0 Å². The van der Waals surface area contributed by atoms with Crippen molar-refractivity contribution in [3.8, 4) is 0 Å². The topological polar surface area (TPSA) is 12.0 Å². The van der Waals surface area contributed by atoms with Crippen LogP contribution < -0.4 is 5.32 Å². The first-order valence-electron chi connectivity index (χ1n) is 6.41. The fourth-order valence-electron chi connectivity index (χ4n) is 3.04. The molecule has 1 aromatic heterocycles. The van der Waals surface area contributed by atoms with E-state index in [1.54, 1.807) is 4.88 Å². The smallest absolute Gasteiger partial charge is 0.0109 e. The van der Waals surface area contributed by atoms with Gasteiger partial charge in [0.2, 0.25) is 0 Å². The predicted molar refractivity (Wildman–Crippen MR) is 72.2 cm³/mol. The molecule has 0 aromatic carbocycles. The van der Waals surface area contributed by atoms with E-state index in [1.807, 2.05) is 11.3 Å². The molecule has 0 saturated heterocycles. The summed E-state index contributed by atoms with van der Waals surface area (Å²) in [5, 5.41) is 5.62. The van der Waals surface area contributed by atoms with Crippen LogP contribution in [0, 0.1) is 18.8 Å². The van der Waals surface area contributed by atoms with Crippen molar-refractivity contribution < 1.29 is 0 Å². The summed E-state index contributed by atoms with van der Waals surface area (Å²) in [6.07, 6.45) is 4.19. The molecule has 3 unspecified atom stereocenters. The maximum atomic E-state index is 3.37. The Morgan fingerprint density at radius 2 is 2.25 bits per heavy atom. The molecule has 0 spiro atoms. The van der Waals surface area contributed by atoms with Crippen molar-refractivity contribution >= 4 is 11.3 Å². The molecule has 1 fully saturated rings. The van der Waals surface area contributed by atoms with E-state index in [-0.39, 0.29) is 0 Å². The average molecular weight is 237 g/mol. The Labute approximate surface area is 103 Å². The van der Waals surface area contributed by atoms with Gasteiger partial charge in [-0.25, -0.2) is 0 Å². The molecular formula is C14H23NS. The van der Waals surface area contributed by atoms with Crippen LogP contribution in [0.15, 0.2) is 11.4 Å². The first-order chi connectivity index (χ1) is 7.72. The summed E-state index contributed by atoms with van der Waals surface area (Å²) in [4.78, 5) is 1.65. The van der Waals surface area contributed by atoms with Crippen molar-refractivity contribution in [2.45, 2.75) is 39.0 Å². The van der Waals surface area contributed by atoms with Crippen LogP contribution in [-0.2, 0) is 0 Å². The Kier molecular flexibility index (Phi) is 4.04. The third kappa shape index (κ3) is 2.49. The van der Waals surface area contributed by atoms with E-state index in [2.05, 4.69) is 37.7 Å². The molecule has 1 nitrogen and oxygen atoms in total. The SMILES string of the molecule is CNCC1CCC(C)CC1c1sccc1C. The summed E-state index contributed by atoms with van der Waals surface area (Å²) in [7, 11) is 2.08. The van der Waals surface area contributed by atoms with Crippen molar-refractivity contribution in [3.05, 3.63) is 21.9 Å². The third-order valence-electron chi connectivity index (χ3n) is 3.96. The first-order valence-corrected chi connectivity index (χ1v) is 7.29. The number of nitrogens with one attached hydrogen (secondary N) is 1. The van der Waals surface area contributed by atoms with E-state index in [9.17, 15) is 0 Å². The second kappa shape index (κ2) is 5.33. The Morgan fingerprint density at radius 1 is 1.44 bits per heavy atom. The van der Waals surface area contributed by atoms with Crippen LogP contribution in [-0.4, -0.2) is 13.6 Å². The summed E-state index contributed by atoms with van der Waals surface area (Å²) in [6.45, 7) is 5.85. The lowest BCUT2D eigenvalue weighted by atomic mass is 9.73. The molecule has 1 aromatic rings. The number of thiophene rings is 1.